The number of carboxylic acids is 1. The normalized spacial score (nSPS) is 13.5. The SMILES string of the molecule is CCCC(NC(=O)C(C)c1ccc2ccccc2c1)C(=O)O. The van der Waals surface area contributed by atoms with Crippen molar-refractivity contribution in [1.29, 1.82) is 0 Å². The van der Waals surface area contributed by atoms with E-state index in [0.29, 0.717) is 12.8 Å². The molecule has 4 heteroatoms. The summed E-state index contributed by atoms with van der Waals surface area (Å²) in [6, 6.07) is 13.0. The third-order valence-electron chi connectivity index (χ3n) is 3.86. The molecule has 2 rings (SSSR count). The number of benzene rings is 2. The van der Waals surface area contributed by atoms with Gasteiger partial charge >= 0.3 is 5.97 Å². The van der Waals surface area contributed by atoms with Crippen LogP contribution in [0.2, 0.25) is 0 Å². The molecule has 2 aromatic carbocycles. The first-order valence-electron chi connectivity index (χ1n) is 7.54. The largest absolute Gasteiger partial charge is 0.480 e. The Morgan fingerprint density at radius 2 is 1.82 bits per heavy atom. The van der Waals surface area contributed by atoms with E-state index >= 15 is 0 Å². The molecule has 116 valence electrons. The summed E-state index contributed by atoms with van der Waals surface area (Å²) in [4.78, 5) is 23.4. The summed E-state index contributed by atoms with van der Waals surface area (Å²) < 4.78 is 0. The molecular weight excluding hydrogens is 278 g/mol. The van der Waals surface area contributed by atoms with E-state index < -0.39 is 12.0 Å². The Morgan fingerprint density at radius 1 is 1.14 bits per heavy atom. The number of carbonyl (C=O) groups is 2. The first-order chi connectivity index (χ1) is 10.5. The number of carbonyl (C=O) groups excluding carboxylic acids is 1. The number of fused-ring (bicyclic) bond motifs is 1. The highest BCUT2D eigenvalue weighted by molar-refractivity contribution is 5.90. The molecule has 2 atom stereocenters. The molecule has 4 nitrogen and oxygen atoms in total. The van der Waals surface area contributed by atoms with Crippen LogP contribution in [0.5, 0.6) is 0 Å². The zero-order valence-electron chi connectivity index (χ0n) is 12.9. The molecule has 0 aliphatic carbocycles. The van der Waals surface area contributed by atoms with Gasteiger partial charge in [0.05, 0.1) is 5.92 Å². The monoisotopic (exact) mass is 299 g/mol. The molecule has 0 fully saturated rings. The lowest BCUT2D eigenvalue weighted by Crippen LogP contribution is -2.42. The number of aliphatic carboxylic acids is 1. The highest BCUT2D eigenvalue weighted by Crippen LogP contribution is 2.22. The number of rotatable bonds is 6. The quantitative estimate of drug-likeness (QED) is 0.860. The Hall–Kier alpha value is -2.36. The lowest BCUT2D eigenvalue weighted by atomic mass is 9.96. The summed E-state index contributed by atoms with van der Waals surface area (Å²) in [5.74, 6) is -1.62. The van der Waals surface area contributed by atoms with Crippen LogP contribution in [0.4, 0.5) is 0 Å². The van der Waals surface area contributed by atoms with Crippen LogP contribution in [-0.2, 0) is 9.59 Å². The van der Waals surface area contributed by atoms with Gasteiger partial charge in [0.1, 0.15) is 6.04 Å². The van der Waals surface area contributed by atoms with E-state index in [-0.39, 0.29) is 11.8 Å². The summed E-state index contributed by atoms with van der Waals surface area (Å²) in [6.45, 7) is 3.69. The van der Waals surface area contributed by atoms with Gasteiger partial charge in [-0.2, -0.15) is 0 Å². The topological polar surface area (TPSA) is 66.4 Å². The minimum Gasteiger partial charge on any atom is -0.480 e. The number of hydrogen-bond donors (Lipinski definition) is 2. The minimum atomic E-state index is -0.985. The van der Waals surface area contributed by atoms with E-state index in [2.05, 4.69) is 5.32 Å². The maximum absolute atomic E-state index is 12.3. The molecule has 0 heterocycles. The van der Waals surface area contributed by atoms with Crippen LogP contribution in [0, 0.1) is 0 Å². The van der Waals surface area contributed by atoms with Gasteiger partial charge in [0, 0.05) is 0 Å². The fraction of sp³-hybridized carbons (Fsp3) is 0.333. The van der Waals surface area contributed by atoms with E-state index in [1.165, 1.54) is 0 Å². The molecule has 0 aliphatic rings. The molecule has 22 heavy (non-hydrogen) atoms. The van der Waals surface area contributed by atoms with Gasteiger partial charge in [-0.25, -0.2) is 4.79 Å². The zero-order chi connectivity index (χ0) is 16.1. The van der Waals surface area contributed by atoms with E-state index in [1.807, 2.05) is 49.4 Å². The molecule has 2 aromatic rings. The molecule has 2 unspecified atom stereocenters. The van der Waals surface area contributed by atoms with E-state index in [1.54, 1.807) is 6.92 Å². The van der Waals surface area contributed by atoms with Crippen LogP contribution in [0.1, 0.15) is 38.2 Å². The lowest BCUT2D eigenvalue weighted by Gasteiger charge is -2.18. The Labute approximate surface area is 130 Å². The third kappa shape index (κ3) is 3.64. The van der Waals surface area contributed by atoms with Crippen molar-refractivity contribution in [2.75, 3.05) is 0 Å². The van der Waals surface area contributed by atoms with Crippen molar-refractivity contribution in [3.05, 3.63) is 48.0 Å². The van der Waals surface area contributed by atoms with E-state index in [4.69, 9.17) is 5.11 Å². The Balaban J connectivity index is 2.16. The third-order valence-corrected chi connectivity index (χ3v) is 3.86. The Morgan fingerprint density at radius 3 is 2.45 bits per heavy atom. The van der Waals surface area contributed by atoms with Crippen molar-refractivity contribution in [1.82, 2.24) is 5.32 Å². The molecule has 0 spiro atoms. The average molecular weight is 299 g/mol. The molecule has 0 radical (unpaired) electrons. The fourth-order valence-corrected chi connectivity index (χ4v) is 2.47. The highest BCUT2D eigenvalue weighted by atomic mass is 16.4. The molecule has 0 bridgehead atoms. The van der Waals surface area contributed by atoms with Gasteiger partial charge in [-0.15, -0.1) is 0 Å². The van der Waals surface area contributed by atoms with Crippen molar-refractivity contribution >= 4 is 22.6 Å². The van der Waals surface area contributed by atoms with E-state index in [9.17, 15) is 9.59 Å². The van der Waals surface area contributed by atoms with Gasteiger partial charge in [0.2, 0.25) is 5.91 Å². The van der Waals surface area contributed by atoms with Crippen molar-refractivity contribution in [2.45, 2.75) is 38.6 Å². The average Bonchev–Trinajstić information content (AvgIpc) is 2.53. The van der Waals surface area contributed by atoms with Crippen molar-refractivity contribution in [3.8, 4) is 0 Å². The first kappa shape index (κ1) is 16.0. The molecule has 2 N–H and O–H groups in total. The maximum Gasteiger partial charge on any atom is 0.326 e. The highest BCUT2D eigenvalue weighted by Gasteiger charge is 2.23. The summed E-state index contributed by atoms with van der Waals surface area (Å²) >= 11 is 0. The van der Waals surface area contributed by atoms with E-state index in [0.717, 1.165) is 16.3 Å². The summed E-state index contributed by atoms with van der Waals surface area (Å²) in [6.07, 6.45) is 1.15. The number of carboxylic acid groups (broad SMARTS) is 1. The van der Waals surface area contributed by atoms with Crippen molar-refractivity contribution in [2.24, 2.45) is 0 Å². The van der Waals surface area contributed by atoms with Crippen LogP contribution < -0.4 is 5.32 Å². The molecular formula is C18H21NO3. The van der Waals surface area contributed by atoms with Gasteiger partial charge in [0.15, 0.2) is 0 Å². The van der Waals surface area contributed by atoms with Crippen LogP contribution in [0.3, 0.4) is 0 Å². The van der Waals surface area contributed by atoms with Crippen LogP contribution >= 0.6 is 0 Å². The Bertz CT molecular complexity index is 681. The molecule has 0 aromatic heterocycles. The minimum absolute atomic E-state index is 0.254. The first-order valence-corrected chi connectivity index (χ1v) is 7.54. The van der Waals surface area contributed by atoms with Gasteiger partial charge in [-0.1, -0.05) is 55.8 Å². The zero-order valence-corrected chi connectivity index (χ0v) is 12.9. The standard InChI is InChI=1S/C18H21NO3/c1-3-6-16(18(21)22)19-17(20)12(2)14-10-9-13-7-4-5-8-15(13)11-14/h4-5,7-12,16H,3,6H2,1-2H3,(H,19,20)(H,21,22). The van der Waals surface area contributed by atoms with Crippen LogP contribution in [-0.4, -0.2) is 23.0 Å². The maximum atomic E-state index is 12.3. The summed E-state index contributed by atoms with van der Waals surface area (Å²) in [5, 5.41) is 13.9. The smallest absolute Gasteiger partial charge is 0.326 e. The van der Waals surface area contributed by atoms with Crippen molar-refractivity contribution in [3.63, 3.8) is 0 Å². The second-order valence-electron chi connectivity index (χ2n) is 5.52. The number of hydrogen-bond acceptors (Lipinski definition) is 2. The lowest BCUT2D eigenvalue weighted by molar-refractivity contribution is -0.142. The van der Waals surface area contributed by atoms with Gasteiger partial charge in [-0.3, -0.25) is 4.79 Å². The van der Waals surface area contributed by atoms with Gasteiger partial charge < -0.3 is 10.4 Å². The predicted octanol–water partition coefficient (Wildman–Crippen LogP) is 3.31. The number of amides is 1. The molecule has 0 aliphatic heterocycles. The number of nitrogens with one attached hydrogen (secondary N) is 1. The van der Waals surface area contributed by atoms with Crippen LogP contribution in [0.25, 0.3) is 10.8 Å². The fourth-order valence-electron chi connectivity index (χ4n) is 2.47. The predicted molar refractivity (Wildman–Crippen MR) is 86.8 cm³/mol. The second-order valence-corrected chi connectivity index (χ2v) is 5.52. The molecule has 0 saturated carbocycles. The van der Waals surface area contributed by atoms with Gasteiger partial charge in [0.25, 0.3) is 0 Å². The van der Waals surface area contributed by atoms with Crippen molar-refractivity contribution < 1.29 is 14.7 Å². The van der Waals surface area contributed by atoms with Crippen LogP contribution in [0.15, 0.2) is 42.5 Å². The Kier molecular flexibility index (Phi) is 5.15. The second kappa shape index (κ2) is 7.07. The summed E-state index contributed by atoms with van der Waals surface area (Å²) in [5.41, 5.74) is 0.886. The molecule has 1 amide bonds. The molecule has 0 saturated heterocycles. The van der Waals surface area contributed by atoms with Gasteiger partial charge in [-0.05, 0) is 29.7 Å². The summed E-state index contributed by atoms with van der Waals surface area (Å²) in [7, 11) is 0.